The fourth-order valence-electron chi connectivity index (χ4n) is 1.74. The molecule has 3 heteroatoms. The second kappa shape index (κ2) is 17.5. The third kappa shape index (κ3) is 12.9. The van der Waals surface area contributed by atoms with E-state index in [0.29, 0.717) is 5.75 Å². The minimum atomic E-state index is 0.322. The second-order valence-corrected chi connectivity index (χ2v) is 3.94. The van der Waals surface area contributed by atoms with Crippen LogP contribution in [0.15, 0.2) is 30.3 Å². The number of aromatic hydroxyl groups is 1. The van der Waals surface area contributed by atoms with Crippen molar-refractivity contribution in [3.8, 4) is 18.6 Å². The summed E-state index contributed by atoms with van der Waals surface area (Å²) < 4.78 is 0. The molecule has 1 aromatic rings. The normalized spacial score (nSPS) is 16.1. The van der Waals surface area contributed by atoms with Gasteiger partial charge in [-0.25, -0.2) is 0 Å². The molecule has 0 radical (unpaired) electrons. The first-order valence-electron chi connectivity index (χ1n) is 7.34. The van der Waals surface area contributed by atoms with Crippen molar-refractivity contribution in [3.05, 3.63) is 30.3 Å². The lowest BCUT2D eigenvalue weighted by Crippen LogP contribution is -2.42. The van der Waals surface area contributed by atoms with Crippen molar-refractivity contribution >= 4 is 0 Å². The van der Waals surface area contributed by atoms with Gasteiger partial charge in [-0.2, -0.15) is 0 Å². The van der Waals surface area contributed by atoms with Crippen molar-refractivity contribution in [1.82, 2.24) is 10.6 Å². The first-order chi connectivity index (χ1) is 9.83. The van der Waals surface area contributed by atoms with Crippen LogP contribution in [-0.2, 0) is 0 Å². The maximum atomic E-state index is 8.63. The molecule has 3 nitrogen and oxygen atoms in total. The number of nitrogens with one attached hydrogen (secondary N) is 2. The maximum Gasteiger partial charge on any atom is 0.115 e. The first-order valence-corrected chi connectivity index (χ1v) is 7.34. The zero-order valence-corrected chi connectivity index (χ0v) is 13.1. The Hall–Kier alpha value is -1.50. The number of hydrogen-bond acceptors (Lipinski definition) is 3. The number of hydrogen-bond donors (Lipinski definition) is 3. The first kappa shape index (κ1) is 20.8. The number of phenolic OH excluding ortho intramolecular Hbond substituents is 1. The SMILES string of the molecule is C#C.CC.CCN[C@@H]1CCCNC1.Oc1ccccc1. The fraction of sp³-hybridized carbons (Fsp3) is 0.529. The lowest BCUT2D eigenvalue weighted by molar-refractivity contribution is 0.397. The van der Waals surface area contributed by atoms with E-state index in [1.54, 1.807) is 24.3 Å². The molecule has 1 aliphatic rings. The van der Waals surface area contributed by atoms with Crippen LogP contribution in [0.5, 0.6) is 5.75 Å². The molecule has 0 bridgehead atoms. The molecule has 0 saturated carbocycles. The van der Waals surface area contributed by atoms with Gasteiger partial charge in [-0.3, -0.25) is 0 Å². The van der Waals surface area contributed by atoms with Crippen molar-refractivity contribution in [1.29, 1.82) is 0 Å². The van der Waals surface area contributed by atoms with Gasteiger partial charge < -0.3 is 15.7 Å². The van der Waals surface area contributed by atoms with Crippen LogP contribution >= 0.6 is 0 Å². The van der Waals surface area contributed by atoms with E-state index in [-0.39, 0.29) is 0 Å². The van der Waals surface area contributed by atoms with Crippen LogP contribution in [0.25, 0.3) is 0 Å². The summed E-state index contributed by atoms with van der Waals surface area (Å²) in [6.07, 6.45) is 10.7. The van der Waals surface area contributed by atoms with E-state index in [1.807, 2.05) is 19.9 Å². The van der Waals surface area contributed by atoms with Crippen molar-refractivity contribution < 1.29 is 5.11 Å². The van der Waals surface area contributed by atoms with E-state index >= 15 is 0 Å². The van der Waals surface area contributed by atoms with Crippen LogP contribution in [-0.4, -0.2) is 30.8 Å². The Morgan fingerprint density at radius 2 is 1.85 bits per heavy atom. The van der Waals surface area contributed by atoms with Crippen molar-refractivity contribution in [2.45, 2.75) is 39.7 Å². The van der Waals surface area contributed by atoms with Gasteiger partial charge in [0.05, 0.1) is 0 Å². The summed E-state index contributed by atoms with van der Waals surface area (Å²) >= 11 is 0. The highest BCUT2D eigenvalue weighted by Crippen LogP contribution is 2.02. The second-order valence-electron chi connectivity index (χ2n) is 3.94. The van der Waals surface area contributed by atoms with Crippen molar-refractivity contribution in [2.75, 3.05) is 19.6 Å². The average molecular weight is 278 g/mol. The molecule has 1 aliphatic heterocycles. The smallest absolute Gasteiger partial charge is 0.115 e. The van der Waals surface area contributed by atoms with E-state index in [0.717, 1.165) is 19.1 Å². The molecule has 1 aromatic carbocycles. The third-order valence-corrected chi connectivity index (χ3v) is 2.55. The van der Waals surface area contributed by atoms with E-state index in [1.165, 1.54) is 19.4 Å². The fourth-order valence-corrected chi connectivity index (χ4v) is 1.74. The lowest BCUT2D eigenvalue weighted by Gasteiger charge is -2.22. The molecule has 1 atom stereocenters. The summed E-state index contributed by atoms with van der Waals surface area (Å²) in [4.78, 5) is 0. The minimum Gasteiger partial charge on any atom is -0.508 e. The maximum absolute atomic E-state index is 8.63. The van der Waals surface area contributed by atoms with Crippen LogP contribution < -0.4 is 10.6 Å². The molecule has 0 aromatic heterocycles. The molecular formula is C17H30N2O. The number of terminal acetylenes is 1. The highest BCUT2D eigenvalue weighted by Gasteiger charge is 2.09. The number of para-hydroxylation sites is 1. The Morgan fingerprint density at radius 1 is 1.25 bits per heavy atom. The van der Waals surface area contributed by atoms with Gasteiger partial charge in [0.15, 0.2) is 0 Å². The quantitative estimate of drug-likeness (QED) is 0.729. The minimum absolute atomic E-state index is 0.322. The highest BCUT2D eigenvalue weighted by molar-refractivity contribution is 5.18. The van der Waals surface area contributed by atoms with E-state index < -0.39 is 0 Å². The molecule has 0 unspecified atom stereocenters. The monoisotopic (exact) mass is 278 g/mol. The van der Waals surface area contributed by atoms with Crippen LogP contribution in [0.3, 0.4) is 0 Å². The Labute approximate surface area is 124 Å². The number of piperidine rings is 1. The molecule has 0 spiro atoms. The van der Waals surface area contributed by atoms with Crippen molar-refractivity contribution in [3.63, 3.8) is 0 Å². The Kier molecular flexibility index (Phi) is 18.2. The highest BCUT2D eigenvalue weighted by atomic mass is 16.3. The Bertz CT molecular complexity index is 290. The zero-order valence-electron chi connectivity index (χ0n) is 13.1. The number of likely N-dealkylation sites (N-methyl/N-ethyl adjacent to an activating group) is 1. The number of rotatable bonds is 2. The lowest BCUT2D eigenvalue weighted by atomic mass is 10.1. The number of benzene rings is 1. The van der Waals surface area contributed by atoms with Gasteiger partial charge in [0.25, 0.3) is 0 Å². The summed E-state index contributed by atoms with van der Waals surface area (Å²) in [5.74, 6) is 0.322. The molecule has 20 heavy (non-hydrogen) atoms. The van der Waals surface area contributed by atoms with Crippen LogP contribution in [0.2, 0.25) is 0 Å². The molecule has 0 amide bonds. The zero-order chi connectivity index (χ0) is 15.6. The van der Waals surface area contributed by atoms with Gasteiger partial charge in [-0.1, -0.05) is 39.0 Å². The molecular weight excluding hydrogens is 248 g/mol. The van der Waals surface area contributed by atoms with Crippen LogP contribution in [0, 0.1) is 12.8 Å². The summed E-state index contributed by atoms with van der Waals surface area (Å²) in [5.41, 5.74) is 0. The molecule has 1 saturated heterocycles. The summed E-state index contributed by atoms with van der Waals surface area (Å²) in [5, 5.41) is 15.4. The van der Waals surface area contributed by atoms with Crippen LogP contribution in [0.4, 0.5) is 0 Å². The average Bonchev–Trinajstić information content (AvgIpc) is 2.54. The summed E-state index contributed by atoms with van der Waals surface area (Å²) in [6, 6.07) is 9.45. The predicted molar refractivity (Wildman–Crippen MR) is 88.9 cm³/mol. The molecule has 3 N–H and O–H groups in total. The molecule has 2 rings (SSSR count). The van der Waals surface area contributed by atoms with Gasteiger partial charge in [0.1, 0.15) is 5.75 Å². The van der Waals surface area contributed by atoms with Gasteiger partial charge in [0.2, 0.25) is 0 Å². The summed E-state index contributed by atoms with van der Waals surface area (Å²) in [6.45, 7) is 9.64. The molecule has 114 valence electrons. The van der Waals surface area contributed by atoms with Gasteiger partial charge in [-0.15, -0.1) is 12.8 Å². The Morgan fingerprint density at radius 3 is 2.20 bits per heavy atom. The van der Waals surface area contributed by atoms with E-state index in [9.17, 15) is 0 Å². The third-order valence-electron chi connectivity index (χ3n) is 2.55. The molecule has 1 heterocycles. The van der Waals surface area contributed by atoms with Gasteiger partial charge in [-0.05, 0) is 38.1 Å². The summed E-state index contributed by atoms with van der Waals surface area (Å²) in [7, 11) is 0. The standard InChI is InChI=1S/C7H16N2.C6H6O.C2H6.C2H2/c1-2-9-7-4-3-5-8-6-7;7-6-4-2-1-3-5-6;2*1-2/h7-9H,2-6H2,1H3;1-5,7H;1-2H3;1-2H/t7-;;;/m1.../s1. The molecule has 1 fully saturated rings. The topological polar surface area (TPSA) is 44.3 Å². The van der Waals surface area contributed by atoms with Gasteiger partial charge in [0, 0.05) is 12.6 Å². The van der Waals surface area contributed by atoms with Gasteiger partial charge >= 0.3 is 0 Å². The molecule has 0 aliphatic carbocycles. The Balaban J connectivity index is 0. The van der Waals surface area contributed by atoms with E-state index in [2.05, 4.69) is 30.4 Å². The largest absolute Gasteiger partial charge is 0.508 e. The predicted octanol–water partition coefficient (Wildman–Crippen LogP) is 3.02. The number of phenols is 1. The van der Waals surface area contributed by atoms with Crippen LogP contribution in [0.1, 0.15) is 33.6 Å². The van der Waals surface area contributed by atoms with E-state index in [4.69, 9.17) is 5.11 Å². The van der Waals surface area contributed by atoms with Crippen molar-refractivity contribution in [2.24, 2.45) is 0 Å².